The lowest BCUT2D eigenvalue weighted by Crippen LogP contribution is -2.32. The number of anilines is 1. The summed E-state index contributed by atoms with van der Waals surface area (Å²) in [7, 11) is 0. The van der Waals surface area contributed by atoms with Gasteiger partial charge in [-0.25, -0.2) is 0 Å². The van der Waals surface area contributed by atoms with E-state index in [1.807, 2.05) is 0 Å². The Bertz CT molecular complexity index is 597. The van der Waals surface area contributed by atoms with Crippen molar-refractivity contribution >= 4 is 28.8 Å². The molecule has 1 saturated heterocycles. The fraction of sp³-hybridized carbons (Fsp3) is 0.333. The molecule has 7 nitrogen and oxygen atoms in total. The highest BCUT2D eigenvalue weighted by atomic mass is 35.5. The van der Waals surface area contributed by atoms with Gasteiger partial charge in [0.1, 0.15) is 5.84 Å². The first-order valence-corrected chi connectivity index (χ1v) is 6.26. The third kappa shape index (κ3) is 3.04. The van der Waals surface area contributed by atoms with Gasteiger partial charge in [-0.2, -0.15) is 10.3 Å². The second-order valence-corrected chi connectivity index (χ2v) is 4.44. The van der Waals surface area contributed by atoms with Crippen LogP contribution in [-0.4, -0.2) is 30.5 Å². The topological polar surface area (TPSA) is 91.8 Å². The van der Waals surface area contributed by atoms with E-state index in [9.17, 15) is 10.1 Å². The molecule has 1 aliphatic rings. The van der Waals surface area contributed by atoms with Gasteiger partial charge in [-0.15, -0.1) is 0 Å². The average molecular weight is 295 g/mol. The van der Waals surface area contributed by atoms with Crippen molar-refractivity contribution in [3.8, 4) is 6.19 Å². The van der Waals surface area contributed by atoms with Crippen LogP contribution in [0.3, 0.4) is 0 Å². The SMILES string of the molecule is N#CN=C1CCOCCN1c1ccc([N+](=O)[O-])cc1Cl. The second kappa shape index (κ2) is 6.32. The quantitative estimate of drug-likeness (QED) is 0.474. The number of amidine groups is 1. The Balaban J connectivity index is 2.39. The monoisotopic (exact) mass is 294 g/mol. The molecule has 20 heavy (non-hydrogen) atoms. The number of halogens is 1. The first-order chi connectivity index (χ1) is 9.63. The fourth-order valence-corrected chi connectivity index (χ4v) is 2.22. The summed E-state index contributed by atoms with van der Waals surface area (Å²) in [6.07, 6.45) is 2.24. The van der Waals surface area contributed by atoms with Gasteiger partial charge in [-0.1, -0.05) is 11.6 Å². The molecule has 0 aromatic heterocycles. The van der Waals surface area contributed by atoms with Crippen molar-refractivity contribution in [1.82, 2.24) is 0 Å². The Labute approximate surface area is 120 Å². The number of hydrogen-bond donors (Lipinski definition) is 0. The zero-order valence-electron chi connectivity index (χ0n) is 10.5. The Hall–Kier alpha value is -2.17. The van der Waals surface area contributed by atoms with Gasteiger partial charge in [0.25, 0.3) is 5.69 Å². The molecule has 0 spiro atoms. The van der Waals surface area contributed by atoms with Gasteiger partial charge in [0.2, 0.25) is 6.19 Å². The van der Waals surface area contributed by atoms with Crippen LogP contribution in [0.1, 0.15) is 6.42 Å². The highest BCUT2D eigenvalue weighted by Gasteiger charge is 2.21. The number of benzene rings is 1. The molecular formula is C12H11ClN4O3. The number of hydrogen-bond acceptors (Lipinski definition) is 5. The molecule has 1 aliphatic heterocycles. The van der Waals surface area contributed by atoms with E-state index in [4.69, 9.17) is 21.6 Å². The zero-order chi connectivity index (χ0) is 14.5. The summed E-state index contributed by atoms with van der Waals surface area (Å²) < 4.78 is 5.34. The number of aliphatic imine (C=N–C) groups is 1. The molecule has 1 aromatic rings. The number of nitro groups is 1. The van der Waals surface area contributed by atoms with Crippen LogP contribution in [0.2, 0.25) is 5.02 Å². The van der Waals surface area contributed by atoms with E-state index >= 15 is 0 Å². The molecule has 0 N–H and O–H groups in total. The summed E-state index contributed by atoms with van der Waals surface area (Å²) in [6, 6.07) is 4.21. The third-order valence-electron chi connectivity index (χ3n) is 2.85. The lowest BCUT2D eigenvalue weighted by Gasteiger charge is -2.23. The van der Waals surface area contributed by atoms with Gasteiger partial charge in [-0.05, 0) is 6.07 Å². The minimum atomic E-state index is -0.508. The van der Waals surface area contributed by atoms with E-state index in [0.717, 1.165) is 0 Å². The van der Waals surface area contributed by atoms with Gasteiger partial charge in [0.05, 0.1) is 28.8 Å². The predicted molar refractivity (Wildman–Crippen MR) is 73.9 cm³/mol. The van der Waals surface area contributed by atoms with Gasteiger partial charge in [-0.3, -0.25) is 10.1 Å². The lowest BCUT2D eigenvalue weighted by molar-refractivity contribution is -0.384. The first kappa shape index (κ1) is 14.2. The molecule has 1 heterocycles. The maximum atomic E-state index is 10.7. The number of ether oxygens (including phenoxy) is 1. The molecule has 1 fully saturated rings. The Morgan fingerprint density at radius 3 is 2.95 bits per heavy atom. The number of nitro benzene ring substituents is 1. The second-order valence-electron chi connectivity index (χ2n) is 4.03. The van der Waals surface area contributed by atoms with E-state index in [-0.39, 0.29) is 10.7 Å². The third-order valence-corrected chi connectivity index (χ3v) is 3.16. The molecule has 8 heteroatoms. The van der Waals surface area contributed by atoms with Gasteiger partial charge >= 0.3 is 0 Å². The van der Waals surface area contributed by atoms with E-state index in [1.54, 1.807) is 17.2 Å². The number of nitrogens with zero attached hydrogens (tertiary/aromatic N) is 4. The highest BCUT2D eigenvalue weighted by Crippen LogP contribution is 2.30. The predicted octanol–water partition coefficient (Wildman–Crippen LogP) is 2.35. The minimum absolute atomic E-state index is 0.0800. The maximum Gasteiger partial charge on any atom is 0.271 e. The number of rotatable bonds is 2. The first-order valence-electron chi connectivity index (χ1n) is 5.88. The van der Waals surface area contributed by atoms with Crippen LogP contribution < -0.4 is 4.90 Å². The number of nitriles is 1. The zero-order valence-corrected chi connectivity index (χ0v) is 11.2. The van der Waals surface area contributed by atoms with Crippen molar-refractivity contribution in [2.75, 3.05) is 24.7 Å². The van der Waals surface area contributed by atoms with Crippen molar-refractivity contribution in [1.29, 1.82) is 5.26 Å². The summed E-state index contributed by atoms with van der Waals surface area (Å²) in [6.45, 7) is 1.43. The van der Waals surface area contributed by atoms with Crippen molar-refractivity contribution in [3.05, 3.63) is 33.3 Å². The van der Waals surface area contributed by atoms with Gasteiger partial charge < -0.3 is 9.64 Å². The van der Waals surface area contributed by atoms with Crippen LogP contribution in [0.5, 0.6) is 0 Å². The Morgan fingerprint density at radius 2 is 2.30 bits per heavy atom. The normalized spacial score (nSPS) is 17.6. The molecule has 0 radical (unpaired) electrons. The summed E-state index contributed by atoms with van der Waals surface area (Å²) in [5.74, 6) is 0.542. The number of non-ortho nitro benzene ring substituents is 1. The largest absolute Gasteiger partial charge is 0.379 e. The minimum Gasteiger partial charge on any atom is -0.379 e. The van der Waals surface area contributed by atoms with E-state index in [0.29, 0.717) is 37.7 Å². The van der Waals surface area contributed by atoms with E-state index in [2.05, 4.69) is 4.99 Å². The lowest BCUT2D eigenvalue weighted by atomic mass is 10.2. The summed E-state index contributed by atoms with van der Waals surface area (Å²) in [4.78, 5) is 15.7. The van der Waals surface area contributed by atoms with Crippen LogP contribution in [-0.2, 0) is 4.74 Å². The van der Waals surface area contributed by atoms with Crippen LogP contribution in [0.25, 0.3) is 0 Å². The molecule has 0 saturated carbocycles. The van der Waals surface area contributed by atoms with Gasteiger partial charge in [0.15, 0.2) is 0 Å². The van der Waals surface area contributed by atoms with Crippen LogP contribution >= 0.6 is 11.6 Å². The van der Waals surface area contributed by atoms with Crippen LogP contribution in [0, 0.1) is 21.6 Å². The van der Waals surface area contributed by atoms with Crippen molar-refractivity contribution < 1.29 is 9.66 Å². The fourth-order valence-electron chi connectivity index (χ4n) is 1.95. The highest BCUT2D eigenvalue weighted by molar-refractivity contribution is 6.34. The molecule has 1 aromatic carbocycles. The van der Waals surface area contributed by atoms with Crippen molar-refractivity contribution in [3.63, 3.8) is 0 Å². The van der Waals surface area contributed by atoms with E-state index < -0.39 is 4.92 Å². The molecule has 0 atom stereocenters. The Morgan fingerprint density at radius 1 is 1.50 bits per heavy atom. The van der Waals surface area contributed by atoms with Crippen molar-refractivity contribution in [2.24, 2.45) is 4.99 Å². The smallest absolute Gasteiger partial charge is 0.271 e. The summed E-state index contributed by atoms with van der Waals surface area (Å²) in [5, 5.41) is 19.7. The standard InChI is InChI=1S/C12H11ClN4O3/c13-10-7-9(17(18)19)1-2-11(10)16-4-6-20-5-3-12(16)15-8-14/h1-2,7H,3-6H2. The molecule has 104 valence electrons. The molecular weight excluding hydrogens is 284 g/mol. The van der Waals surface area contributed by atoms with Crippen LogP contribution in [0.15, 0.2) is 23.2 Å². The van der Waals surface area contributed by atoms with E-state index in [1.165, 1.54) is 12.1 Å². The summed E-state index contributed by atoms with van der Waals surface area (Å²) >= 11 is 6.10. The molecule has 0 amide bonds. The van der Waals surface area contributed by atoms with Crippen LogP contribution in [0.4, 0.5) is 11.4 Å². The molecule has 2 rings (SSSR count). The average Bonchev–Trinajstić information content (AvgIpc) is 2.64. The summed E-state index contributed by atoms with van der Waals surface area (Å²) in [5.41, 5.74) is 0.500. The molecule has 0 bridgehead atoms. The maximum absolute atomic E-state index is 10.7. The van der Waals surface area contributed by atoms with Gasteiger partial charge in [0, 0.05) is 25.1 Å². The van der Waals surface area contributed by atoms with Crippen molar-refractivity contribution in [2.45, 2.75) is 6.42 Å². The molecule has 0 unspecified atom stereocenters. The Kier molecular flexibility index (Phi) is 4.50. The molecule has 0 aliphatic carbocycles.